The van der Waals surface area contributed by atoms with Crippen LogP contribution in [0.3, 0.4) is 0 Å². The molecule has 3 heteroatoms. The summed E-state index contributed by atoms with van der Waals surface area (Å²) >= 11 is 0. The standard InChI is InChI=1S/C11H13NO2/c1-7-4-10(5-12-6-13)8(2)9(3)11(7)14/h4,14H,5H2,1-3H3. The highest BCUT2D eigenvalue weighted by Crippen LogP contribution is 2.27. The zero-order valence-corrected chi connectivity index (χ0v) is 8.59. The Bertz CT molecular complexity index is 404. The molecule has 1 rings (SSSR count). The van der Waals surface area contributed by atoms with Crippen LogP contribution >= 0.6 is 0 Å². The third-order valence-corrected chi connectivity index (χ3v) is 2.48. The SMILES string of the molecule is Cc1cc(CN=C=O)c(C)c(C)c1O. The number of rotatable bonds is 2. The van der Waals surface area contributed by atoms with Crippen LogP contribution in [0.15, 0.2) is 11.1 Å². The molecule has 3 nitrogen and oxygen atoms in total. The van der Waals surface area contributed by atoms with Gasteiger partial charge in [-0.3, -0.25) is 0 Å². The molecule has 1 aromatic carbocycles. The van der Waals surface area contributed by atoms with Crippen molar-refractivity contribution in [2.24, 2.45) is 4.99 Å². The van der Waals surface area contributed by atoms with Crippen LogP contribution in [0.25, 0.3) is 0 Å². The third kappa shape index (κ3) is 1.83. The van der Waals surface area contributed by atoms with Gasteiger partial charge in [0.05, 0.1) is 6.54 Å². The van der Waals surface area contributed by atoms with E-state index in [1.54, 1.807) is 0 Å². The van der Waals surface area contributed by atoms with E-state index in [4.69, 9.17) is 0 Å². The van der Waals surface area contributed by atoms with Gasteiger partial charge in [0.15, 0.2) is 0 Å². The van der Waals surface area contributed by atoms with Gasteiger partial charge in [0.1, 0.15) is 5.75 Å². The number of aromatic hydroxyl groups is 1. The largest absolute Gasteiger partial charge is 0.507 e. The molecule has 0 aliphatic carbocycles. The molecule has 0 spiro atoms. The van der Waals surface area contributed by atoms with Crippen molar-refractivity contribution in [1.29, 1.82) is 0 Å². The Morgan fingerprint density at radius 1 is 1.36 bits per heavy atom. The maximum Gasteiger partial charge on any atom is 0.235 e. The molecule has 0 saturated carbocycles. The lowest BCUT2D eigenvalue weighted by Gasteiger charge is -2.10. The minimum atomic E-state index is 0.321. The average Bonchev–Trinajstić information content (AvgIpc) is 2.18. The summed E-state index contributed by atoms with van der Waals surface area (Å²) in [6.45, 7) is 5.92. The van der Waals surface area contributed by atoms with Gasteiger partial charge in [0.2, 0.25) is 6.08 Å². The number of carbonyl (C=O) groups excluding carboxylic acids is 1. The second-order valence-corrected chi connectivity index (χ2v) is 3.36. The van der Waals surface area contributed by atoms with Crippen molar-refractivity contribution in [2.75, 3.05) is 0 Å². The summed E-state index contributed by atoms with van der Waals surface area (Å²) in [4.78, 5) is 13.5. The number of phenolic OH excluding ortho intramolecular Hbond substituents is 1. The molecule has 14 heavy (non-hydrogen) atoms. The molecule has 0 bridgehead atoms. The molecule has 0 aromatic heterocycles. The molecule has 0 aliphatic rings. The highest BCUT2D eigenvalue weighted by atomic mass is 16.3. The summed E-state index contributed by atoms with van der Waals surface area (Å²) in [7, 11) is 0. The molecule has 0 heterocycles. The number of nitrogens with zero attached hydrogens (tertiary/aromatic N) is 1. The Labute approximate surface area is 83.1 Å². The molecule has 0 fully saturated rings. The van der Waals surface area contributed by atoms with Crippen LogP contribution in [0.1, 0.15) is 22.3 Å². The van der Waals surface area contributed by atoms with E-state index < -0.39 is 0 Å². The fraction of sp³-hybridized carbons (Fsp3) is 0.364. The Morgan fingerprint density at radius 2 is 2.00 bits per heavy atom. The minimum absolute atomic E-state index is 0.321. The number of aliphatic imine (C=N–C) groups is 1. The van der Waals surface area contributed by atoms with Crippen LogP contribution in [-0.2, 0) is 11.3 Å². The number of hydrogen-bond acceptors (Lipinski definition) is 3. The van der Waals surface area contributed by atoms with E-state index in [0.29, 0.717) is 12.3 Å². The number of benzene rings is 1. The number of aryl methyl sites for hydroxylation is 1. The van der Waals surface area contributed by atoms with Crippen molar-refractivity contribution in [3.63, 3.8) is 0 Å². The molecular formula is C11H13NO2. The van der Waals surface area contributed by atoms with Gasteiger partial charge in [-0.15, -0.1) is 0 Å². The van der Waals surface area contributed by atoms with E-state index >= 15 is 0 Å². The van der Waals surface area contributed by atoms with E-state index in [9.17, 15) is 9.90 Å². The van der Waals surface area contributed by atoms with Crippen molar-refractivity contribution in [2.45, 2.75) is 27.3 Å². The molecule has 0 atom stereocenters. The van der Waals surface area contributed by atoms with E-state index in [-0.39, 0.29) is 0 Å². The van der Waals surface area contributed by atoms with Gasteiger partial charge in [-0.2, -0.15) is 0 Å². The summed E-state index contributed by atoms with van der Waals surface area (Å²) in [6, 6.07) is 1.85. The van der Waals surface area contributed by atoms with Gasteiger partial charge in [-0.1, -0.05) is 6.07 Å². The van der Waals surface area contributed by atoms with Crippen LogP contribution in [0, 0.1) is 20.8 Å². The van der Waals surface area contributed by atoms with Gasteiger partial charge in [0, 0.05) is 0 Å². The number of isocyanates is 1. The Kier molecular flexibility index (Phi) is 3.05. The van der Waals surface area contributed by atoms with Gasteiger partial charge in [-0.05, 0) is 43.0 Å². The normalized spacial score (nSPS) is 9.64. The van der Waals surface area contributed by atoms with Crippen molar-refractivity contribution in [1.82, 2.24) is 0 Å². The van der Waals surface area contributed by atoms with Gasteiger partial charge < -0.3 is 5.11 Å². The lowest BCUT2D eigenvalue weighted by molar-refractivity contribution is 0.466. The molecule has 0 aliphatic heterocycles. The average molecular weight is 191 g/mol. The fourth-order valence-electron chi connectivity index (χ4n) is 1.43. The topological polar surface area (TPSA) is 49.7 Å². The zero-order valence-electron chi connectivity index (χ0n) is 8.59. The molecule has 0 unspecified atom stereocenters. The summed E-state index contributed by atoms with van der Waals surface area (Å²) in [5, 5.41) is 9.63. The summed E-state index contributed by atoms with van der Waals surface area (Å²) in [5.41, 5.74) is 3.60. The number of phenols is 1. The highest BCUT2D eigenvalue weighted by molar-refractivity contribution is 5.48. The third-order valence-electron chi connectivity index (χ3n) is 2.48. The minimum Gasteiger partial charge on any atom is -0.507 e. The second-order valence-electron chi connectivity index (χ2n) is 3.36. The molecule has 1 aromatic rings. The number of hydrogen-bond donors (Lipinski definition) is 1. The van der Waals surface area contributed by atoms with Crippen molar-refractivity contribution >= 4 is 6.08 Å². The zero-order chi connectivity index (χ0) is 10.7. The summed E-state index contributed by atoms with van der Waals surface area (Å²) in [6.07, 6.45) is 1.51. The molecule has 0 saturated heterocycles. The first kappa shape index (κ1) is 10.5. The predicted octanol–water partition coefficient (Wildman–Crippen LogP) is 2.15. The molecular weight excluding hydrogens is 178 g/mol. The first-order valence-corrected chi connectivity index (χ1v) is 4.40. The maximum atomic E-state index is 9.99. The molecule has 0 radical (unpaired) electrons. The molecule has 0 amide bonds. The van der Waals surface area contributed by atoms with Crippen molar-refractivity contribution in [3.8, 4) is 5.75 Å². The lowest BCUT2D eigenvalue weighted by Crippen LogP contribution is -1.93. The smallest absolute Gasteiger partial charge is 0.235 e. The van der Waals surface area contributed by atoms with Gasteiger partial charge >= 0.3 is 0 Å². The van der Waals surface area contributed by atoms with Gasteiger partial charge in [0.25, 0.3) is 0 Å². The second kappa shape index (κ2) is 4.07. The quantitative estimate of drug-likeness (QED) is 0.575. The van der Waals surface area contributed by atoms with Crippen LogP contribution < -0.4 is 0 Å². The summed E-state index contributed by atoms with van der Waals surface area (Å²) in [5.74, 6) is 0.321. The monoisotopic (exact) mass is 191 g/mol. The summed E-state index contributed by atoms with van der Waals surface area (Å²) < 4.78 is 0. The van der Waals surface area contributed by atoms with Crippen molar-refractivity contribution in [3.05, 3.63) is 28.3 Å². The van der Waals surface area contributed by atoms with Crippen LogP contribution in [0.4, 0.5) is 0 Å². The first-order chi connectivity index (χ1) is 6.57. The molecule has 1 N–H and O–H groups in total. The fourth-order valence-corrected chi connectivity index (χ4v) is 1.43. The van der Waals surface area contributed by atoms with E-state index in [1.807, 2.05) is 26.8 Å². The van der Waals surface area contributed by atoms with E-state index in [2.05, 4.69) is 4.99 Å². The van der Waals surface area contributed by atoms with E-state index in [0.717, 1.165) is 22.3 Å². The highest BCUT2D eigenvalue weighted by Gasteiger charge is 2.08. The van der Waals surface area contributed by atoms with Crippen LogP contribution in [-0.4, -0.2) is 11.2 Å². The maximum absolute atomic E-state index is 9.99. The van der Waals surface area contributed by atoms with Gasteiger partial charge in [-0.25, -0.2) is 9.79 Å². The predicted molar refractivity (Wildman–Crippen MR) is 54.1 cm³/mol. The van der Waals surface area contributed by atoms with Crippen molar-refractivity contribution < 1.29 is 9.90 Å². The van der Waals surface area contributed by atoms with Crippen LogP contribution in [0.2, 0.25) is 0 Å². The first-order valence-electron chi connectivity index (χ1n) is 4.40. The van der Waals surface area contributed by atoms with E-state index in [1.165, 1.54) is 6.08 Å². The Hall–Kier alpha value is -1.60. The Morgan fingerprint density at radius 3 is 2.57 bits per heavy atom. The molecule has 74 valence electrons. The Balaban J connectivity index is 3.25. The van der Waals surface area contributed by atoms with Crippen LogP contribution in [0.5, 0.6) is 5.75 Å². The lowest BCUT2D eigenvalue weighted by atomic mass is 9.99.